The average Bonchev–Trinajstić information content (AvgIpc) is 2.87. The number of amides is 1. The van der Waals surface area contributed by atoms with Gasteiger partial charge in [-0.25, -0.2) is 0 Å². The van der Waals surface area contributed by atoms with Gasteiger partial charge in [0.05, 0.1) is 24.1 Å². The molecule has 2 unspecified atom stereocenters. The summed E-state index contributed by atoms with van der Waals surface area (Å²) in [5, 5.41) is 45.0. The summed E-state index contributed by atoms with van der Waals surface area (Å²) in [6, 6.07) is 1.70. The average molecular weight is 556 g/mol. The number of nitrogens with zero attached hydrogens (tertiary/aromatic N) is 2. The fourth-order valence-corrected chi connectivity index (χ4v) is 7.46. The van der Waals surface area contributed by atoms with E-state index < -0.39 is 64.3 Å². The molecule has 5 rings (SSSR count). The highest BCUT2D eigenvalue weighted by Gasteiger charge is 2.66. The number of carbonyl (C=O) groups excluding carboxylic acids is 4. The molecule has 11 nitrogen and oxygen atoms in total. The van der Waals surface area contributed by atoms with Gasteiger partial charge in [0.2, 0.25) is 0 Å². The van der Waals surface area contributed by atoms with Crippen molar-refractivity contribution in [3.8, 4) is 5.75 Å². The Morgan fingerprint density at radius 2 is 1.77 bits per heavy atom. The molecule has 0 bridgehead atoms. The van der Waals surface area contributed by atoms with E-state index in [2.05, 4.69) is 11.8 Å². The highest BCUT2D eigenvalue weighted by Crippen LogP contribution is 2.54. The third-order valence-corrected chi connectivity index (χ3v) is 9.59. The van der Waals surface area contributed by atoms with Crippen molar-refractivity contribution in [2.24, 2.45) is 29.4 Å². The highest BCUT2D eigenvalue weighted by atomic mass is 16.4. The summed E-state index contributed by atoms with van der Waals surface area (Å²) >= 11 is 0. The zero-order valence-electron chi connectivity index (χ0n) is 23.0. The predicted molar refractivity (Wildman–Crippen MR) is 143 cm³/mol. The lowest BCUT2D eigenvalue weighted by Crippen LogP contribution is -2.69. The zero-order valence-corrected chi connectivity index (χ0v) is 23.0. The quantitative estimate of drug-likeness (QED) is 0.249. The van der Waals surface area contributed by atoms with E-state index in [4.69, 9.17) is 5.73 Å². The number of phenolic OH excluding ortho intramolecular Hbond substituents is 1. The van der Waals surface area contributed by atoms with Gasteiger partial charge in [-0.2, -0.15) is 0 Å². The Hall–Kier alpha value is -3.12. The molecule has 1 aromatic rings. The third kappa shape index (κ3) is 4.18. The number of phenols is 1. The second-order valence-corrected chi connectivity index (χ2v) is 12.2. The lowest BCUT2D eigenvalue weighted by molar-refractivity contribution is -0.183. The van der Waals surface area contributed by atoms with Gasteiger partial charge in [-0.15, -0.1) is 0 Å². The molecule has 11 heteroatoms. The molecule has 216 valence electrons. The molecular weight excluding hydrogens is 518 g/mol. The molecule has 1 amide bonds. The first-order valence-electron chi connectivity index (χ1n) is 13.8. The van der Waals surface area contributed by atoms with Crippen LogP contribution in [0.3, 0.4) is 0 Å². The van der Waals surface area contributed by atoms with Crippen molar-refractivity contribution < 1.29 is 39.6 Å². The lowest BCUT2D eigenvalue weighted by Gasteiger charge is -2.55. The topological polar surface area (TPSA) is 182 Å². The molecule has 6 atom stereocenters. The van der Waals surface area contributed by atoms with Crippen molar-refractivity contribution in [2.75, 3.05) is 33.7 Å². The Labute approximate surface area is 232 Å². The van der Waals surface area contributed by atoms with E-state index in [1.807, 2.05) is 0 Å². The number of piperidine rings is 1. The predicted octanol–water partition coefficient (Wildman–Crippen LogP) is 0.200. The number of ketones is 3. The van der Waals surface area contributed by atoms with Crippen molar-refractivity contribution in [1.82, 2.24) is 9.80 Å². The second kappa shape index (κ2) is 10.1. The maximum atomic E-state index is 13.9. The number of aliphatic hydroxyl groups is 3. The van der Waals surface area contributed by atoms with Crippen molar-refractivity contribution in [1.29, 1.82) is 0 Å². The molecule has 40 heavy (non-hydrogen) atoms. The van der Waals surface area contributed by atoms with E-state index in [1.165, 1.54) is 17.0 Å². The van der Waals surface area contributed by atoms with Crippen molar-refractivity contribution >= 4 is 23.3 Å². The van der Waals surface area contributed by atoms with Gasteiger partial charge in [-0.3, -0.25) is 29.0 Å². The van der Waals surface area contributed by atoms with Crippen LogP contribution in [0.4, 0.5) is 0 Å². The summed E-state index contributed by atoms with van der Waals surface area (Å²) in [5.74, 6) is -6.59. The van der Waals surface area contributed by atoms with Crippen LogP contribution in [-0.2, 0) is 16.0 Å². The molecular formula is C29H37N3O8. The summed E-state index contributed by atoms with van der Waals surface area (Å²) in [5.41, 5.74) is 2.70. The zero-order chi connectivity index (χ0) is 29.3. The Bertz CT molecular complexity index is 1310. The van der Waals surface area contributed by atoms with Gasteiger partial charge in [0.1, 0.15) is 23.2 Å². The fraction of sp³-hybridized carbons (Fsp3) is 0.586. The van der Waals surface area contributed by atoms with Crippen molar-refractivity contribution in [2.45, 2.75) is 50.4 Å². The maximum Gasteiger partial charge on any atom is 0.255 e. The number of benzene rings is 1. The maximum absolute atomic E-state index is 13.9. The second-order valence-electron chi connectivity index (χ2n) is 12.2. The molecule has 0 aromatic heterocycles. The minimum absolute atomic E-state index is 0.0292. The number of fused-ring (bicyclic) bond motifs is 3. The largest absolute Gasteiger partial charge is 0.508 e. The molecule has 0 spiro atoms. The van der Waals surface area contributed by atoms with Gasteiger partial charge < -0.3 is 26.2 Å². The number of hydrogen-bond donors (Lipinski definition) is 5. The smallest absolute Gasteiger partial charge is 0.255 e. The number of aliphatic hydroxyl groups excluding tert-OH is 2. The number of carbonyl (C=O) groups is 4. The van der Waals surface area contributed by atoms with Crippen LogP contribution in [-0.4, -0.2) is 105 Å². The normalized spacial score (nSPS) is 33.0. The summed E-state index contributed by atoms with van der Waals surface area (Å²) in [6.45, 7) is 3.96. The minimum atomic E-state index is -2.50. The number of nitrogens with two attached hydrogens (primary N) is 1. The summed E-state index contributed by atoms with van der Waals surface area (Å²) in [7, 11) is 3.14. The van der Waals surface area contributed by atoms with Gasteiger partial charge in [0.15, 0.2) is 23.0 Å². The minimum Gasteiger partial charge on any atom is -0.508 e. The van der Waals surface area contributed by atoms with Gasteiger partial charge in [0, 0.05) is 11.5 Å². The Morgan fingerprint density at radius 3 is 2.38 bits per heavy atom. The molecule has 4 aliphatic rings. The number of aromatic hydroxyl groups is 1. The lowest BCUT2D eigenvalue weighted by atomic mass is 9.53. The molecule has 1 heterocycles. The monoisotopic (exact) mass is 555 g/mol. The number of primary amides is 1. The molecule has 3 aliphatic carbocycles. The number of Topliss-reactive ketones (excluding diaryl/α,β-unsaturated/α-hetero) is 3. The summed E-state index contributed by atoms with van der Waals surface area (Å²) in [6.07, 6.45) is 0.257. The molecule has 1 aliphatic heterocycles. The summed E-state index contributed by atoms with van der Waals surface area (Å²) < 4.78 is 0. The van der Waals surface area contributed by atoms with Crippen LogP contribution in [0, 0.1) is 23.7 Å². The first-order valence-corrected chi connectivity index (χ1v) is 13.8. The Morgan fingerprint density at radius 1 is 1.12 bits per heavy atom. The van der Waals surface area contributed by atoms with Gasteiger partial charge in [-0.05, 0) is 82.4 Å². The number of rotatable bonds is 5. The first kappa shape index (κ1) is 28.4. The van der Waals surface area contributed by atoms with Gasteiger partial charge >= 0.3 is 0 Å². The van der Waals surface area contributed by atoms with Crippen LogP contribution < -0.4 is 5.73 Å². The third-order valence-electron chi connectivity index (χ3n) is 9.59. The Kier molecular flexibility index (Phi) is 7.14. The molecule has 1 aromatic carbocycles. The van der Waals surface area contributed by atoms with Gasteiger partial charge in [0.25, 0.3) is 5.91 Å². The molecule has 0 radical (unpaired) electrons. The Balaban J connectivity index is 1.55. The van der Waals surface area contributed by atoms with E-state index in [1.54, 1.807) is 14.1 Å². The van der Waals surface area contributed by atoms with Crippen LogP contribution in [0.25, 0.3) is 0 Å². The van der Waals surface area contributed by atoms with E-state index >= 15 is 0 Å². The first-order chi connectivity index (χ1) is 18.8. The van der Waals surface area contributed by atoms with Crippen LogP contribution in [0.15, 0.2) is 23.5 Å². The highest BCUT2D eigenvalue weighted by molar-refractivity contribution is 6.22. The van der Waals surface area contributed by atoms with E-state index in [0.717, 1.165) is 25.9 Å². The summed E-state index contributed by atoms with van der Waals surface area (Å²) in [4.78, 5) is 56.3. The van der Waals surface area contributed by atoms with Crippen LogP contribution in [0.1, 0.15) is 52.5 Å². The number of likely N-dealkylation sites (N-methyl/N-ethyl adjacent to an activating group) is 1. The number of likely N-dealkylation sites (tertiary alicyclic amines) is 1. The van der Waals surface area contributed by atoms with E-state index in [0.29, 0.717) is 17.0 Å². The van der Waals surface area contributed by atoms with Crippen LogP contribution >= 0.6 is 0 Å². The van der Waals surface area contributed by atoms with Crippen molar-refractivity contribution in [3.05, 3.63) is 40.2 Å². The van der Waals surface area contributed by atoms with E-state index in [-0.39, 0.29) is 36.5 Å². The SMILES string of the molecule is CC1CCN(CC(=O)c2ccc(O)c3c2C[C@H]2C[C@H]4[C@H](N(C)C)C(=O)C(C(N)=O)=C(O)[C@@]4(O)C(O)C2C3=O)CC1. The van der Waals surface area contributed by atoms with Crippen molar-refractivity contribution in [3.63, 3.8) is 0 Å². The van der Waals surface area contributed by atoms with Crippen LogP contribution in [0.2, 0.25) is 0 Å². The standard InChI is InChI=1S/C29H37N3O8/c1-13-6-8-32(9-7-13)12-19(34)15-4-5-18(33)21-16(15)10-14-11-17-23(31(2)3)25(36)22(28(30)39)27(38)29(17,40)26(37)20(14)24(21)35/h4-5,13-14,17,20,23,26,33,37-38,40H,6-12H2,1-3H3,(H2,30,39)/t14-,17-,20?,23-,26?,29-/m0/s1. The van der Waals surface area contributed by atoms with Crippen LogP contribution in [0.5, 0.6) is 5.75 Å². The molecule has 2 fully saturated rings. The molecule has 1 saturated carbocycles. The number of hydrogen-bond acceptors (Lipinski definition) is 10. The molecule has 6 N–H and O–H groups in total. The van der Waals surface area contributed by atoms with Gasteiger partial charge in [-0.1, -0.05) is 6.92 Å². The van der Waals surface area contributed by atoms with E-state index in [9.17, 15) is 39.6 Å². The fourth-order valence-electron chi connectivity index (χ4n) is 7.46. The molecule has 1 saturated heterocycles.